The van der Waals surface area contributed by atoms with Crippen molar-refractivity contribution in [1.29, 1.82) is 0 Å². The van der Waals surface area contributed by atoms with Crippen molar-refractivity contribution in [2.45, 2.75) is 57.0 Å². The summed E-state index contributed by atoms with van der Waals surface area (Å²) in [6.07, 6.45) is 4.46. The molecule has 1 aliphatic rings. The summed E-state index contributed by atoms with van der Waals surface area (Å²) in [7, 11) is 0. The molecule has 1 aromatic carbocycles. The molecule has 1 fully saturated rings. The van der Waals surface area contributed by atoms with Crippen LogP contribution in [0.15, 0.2) is 24.3 Å². The number of hydrogen-bond donors (Lipinski definition) is 3. The molecule has 0 aliphatic heterocycles. The molecular formula is C17H25FN2O2. The van der Waals surface area contributed by atoms with E-state index in [-0.39, 0.29) is 36.5 Å². The highest BCUT2D eigenvalue weighted by Crippen LogP contribution is 2.34. The van der Waals surface area contributed by atoms with Gasteiger partial charge in [-0.2, -0.15) is 0 Å². The van der Waals surface area contributed by atoms with Gasteiger partial charge in [-0.25, -0.2) is 9.18 Å². The van der Waals surface area contributed by atoms with Gasteiger partial charge in [0, 0.05) is 24.6 Å². The van der Waals surface area contributed by atoms with Crippen LogP contribution >= 0.6 is 0 Å². The molecule has 122 valence electrons. The summed E-state index contributed by atoms with van der Waals surface area (Å²) in [5.74, 6) is 0.0146. The first-order chi connectivity index (χ1) is 10.6. The Bertz CT molecular complexity index is 478. The van der Waals surface area contributed by atoms with E-state index in [0.29, 0.717) is 6.42 Å². The van der Waals surface area contributed by atoms with Crippen LogP contribution in [0.3, 0.4) is 0 Å². The second kappa shape index (κ2) is 8.13. The summed E-state index contributed by atoms with van der Waals surface area (Å²) in [6, 6.07) is 6.53. The Morgan fingerprint density at radius 3 is 2.77 bits per heavy atom. The van der Waals surface area contributed by atoms with Gasteiger partial charge in [-0.05, 0) is 50.3 Å². The highest BCUT2D eigenvalue weighted by Gasteiger charge is 2.29. The molecule has 3 atom stereocenters. The van der Waals surface area contributed by atoms with Crippen molar-refractivity contribution in [3.8, 4) is 0 Å². The number of nitrogens with one attached hydrogen (secondary N) is 2. The fourth-order valence-electron chi connectivity index (χ4n) is 3.15. The maximum atomic E-state index is 13.0. The number of carbonyl (C=O) groups excluding carboxylic acids is 1. The summed E-state index contributed by atoms with van der Waals surface area (Å²) in [5.41, 5.74) is 1.08. The van der Waals surface area contributed by atoms with Crippen molar-refractivity contribution in [2.75, 3.05) is 6.61 Å². The van der Waals surface area contributed by atoms with E-state index in [4.69, 9.17) is 5.11 Å². The van der Waals surface area contributed by atoms with Crippen LogP contribution in [0.5, 0.6) is 0 Å². The van der Waals surface area contributed by atoms with Crippen LogP contribution in [-0.2, 0) is 0 Å². The lowest BCUT2D eigenvalue weighted by molar-refractivity contribution is 0.229. The van der Waals surface area contributed by atoms with Gasteiger partial charge in [0.15, 0.2) is 0 Å². The third-order valence-corrected chi connectivity index (χ3v) is 4.30. The van der Waals surface area contributed by atoms with Crippen LogP contribution < -0.4 is 10.6 Å². The fraction of sp³-hybridized carbons (Fsp3) is 0.588. The molecule has 5 heteroatoms. The van der Waals surface area contributed by atoms with E-state index in [1.165, 1.54) is 12.1 Å². The first kappa shape index (κ1) is 16.7. The Balaban J connectivity index is 1.88. The fourth-order valence-corrected chi connectivity index (χ4v) is 3.15. The second-order valence-corrected chi connectivity index (χ2v) is 6.08. The molecule has 1 saturated carbocycles. The summed E-state index contributed by atoms with van der Waals surface area (Å²) >= 11 is 0. The van der Waals surface area contributed by atoms with Crippen molar-refractivity contribution < 1.29 is 14.3 Å². The van der Waals surface area contributed by atoms with E-state index in [0.717, 1.165) is 31.2 Å². The molecule has 0 spiro atoms. The van der Waals surface area contributed by atoms with Gasteiger partial charge in [-0.3, -0.25) is 0 Å². The highest BCUT2D eigenvalue weighted by molar-refractivity contribution is 5.74. The Morgan fingerprint density at radius 2 is 2.09 bits per heavy atom. The van der Waals surface area contributed by atoms with Crippen molar-refractivity contribution in [3.05, 3.63) is 35.6 Å². The largest absolute Gasteiger partial charge is 0.396 e. The van der Waals surface area contributed by atoms with Gasteiger partial charge < -0.3 is 15.7 Å². The number of halogens is 1. The SMILES string of the molecule is C[C@H](CCCO)NC(=O)N[C@H]1CCC[C@@H]1c1ccc(F)cc1. The number of benzene rings is 1. The van der Waals surface area contributed by atoms with Crippen LogP contribution in [0.25, 0.3) is 0 Å². The number of urea groups is 1. The lowest BCUT2D eigenvalue weighted by Crippen LogP contribution is -2.46. The number of amides is 2. The Kier molecular flexibility index (Phi) is 6.19. The lowest BCUT2D eigenvalue weighted by atomic mass is 9.94. The number of aliphatic hydroxyl groups is 1. The van der Waals surface area contributed by atoms with E-state index in [2.05, 4.69) is 10.6 Å². The summed E-state index contributed by atoms with van der Waals surface area (Å²) in [6.45, 7) is 2.07. The molecule has 1 aliphatic carbocycles. The minimum absolute atomic E-state index is 0.0397. The van der Waals surface area contributed by atoms with Crippen LogP contribution in [0.2, 0.25) is 0 Å². The monoisotopic (exact) mass is 308 g/mol. The zero-order valence-electron chi connectivity index (χ0n) is 13.0. The second-order valence-electron chi connectivity index (χ2n) is 6.08. The van der Waals surface area contributed by atoms with Crippen LogP contribution in [-0.4, -0.2) is 29.8 Å². The van der Waals surface area contributed by atoms with Crippen molar-refractivity contribution >= 4 is 6.03 Å². The van der Waals surface area contributed by atoms with E-state index < -0.39 is 0 Å². The Hall–Kier alpha value is -1.62. The molecule has 0 radical (unpaired) electrons. The smallest absolute Gasteiger partial charge is 0.315 e. The van der Waals surface area contributed by atoms with Crippen molar-refractivity contribution in [1.82, 2.24) is 10.6 Å². The van der Waals surface area contributed by atoms with Crippen molar-refractivity contribution in [2.24, 2.45) is 0 Å². The molecule has 0 heterocycles. The van der Waals surface area contributed by atoms with Crippen LogP contribution in [0, 0.1) is 5.82 Å². The van der Waals surface area contributed by atoms with Gasteiger partial charge in [0.2, 0.25) is 0 Å². The molecule has 1 aromatic rings. The number of rotatable bonds is 6. The lowest BCUT2D eigenvalue weighted by Gasteiger charge is -2.23. The molecule has 0 unspecified atom stereocenters. The van der Waals surface area contributed by atoms with Crippen LogP contribution in [0.1, 0.15) is 50.5 Å². The quantitative estimate of drug-likeness (QED) is 0.756. The average molecular weight is 308 g/mol. The third kappa shape index (κ3) is 4.70. The van der Waals surface area contributed by atoms with Gasteiger partial charge in [0.25, 0.3) is 0 Å². The maximum Gasteiger partial charge on any atom is 0.315 e. The van der Waals surface area contributed by atoms with E-state index >= 15 is 0 Å². The standard InChI is InChI=1S/C17H25FN2O2/c1-12(4-3-11-21)19-17(22)20-16-6-2-5-15(16)13-7-9-14(18)10-8-13/h7-10,12,15-16,21H,2-6,11H2,1H3,(H2,19,20,22)/t12-,15-,16+/m1/s1. The predicted octanol–water partition coefficient (Wildman–Crippen LogP) is 2.92. The maximum absolute atomic E-state index is 13.0. The average Bonchev–Trinajstić information content (AvgIpc) is 2.93. The van der Waals surface area contributed by atoms with Gasteiger partial charge in [0.05, 0.1) is 0 Å². The Labute approximate surface area is 131 Å². The predicted molar refractivity (Wildman–Crippen MR) is 84.2 cm³/mol. The molecule has 0 aromatic heterocycles. The molecule has 0 bridgehead atoms. The van der Waals surface area contributed by atoms with Crippen molar-refractivity contribution in [3.63, 3.8) is 0 Å². The first-order valence-electron chi connectivity index (χ1n) is 8.03. The first-order valence-corrected chi connectivity index (χ1v) is 8.03. The zero-order chi connectivity index (χ0) is 15.9. The molecule has 0 saturated heterocycles. The third-order valence-electron chi connectivity index (χ3n) is 4.30. The van der Waals surface area contributed by atoms with Crippen LogP contribution in [0.4, 0.5) is 9.18 Å². The molecule has 2 rings (SSSR count). The minimum atomic E-state index is -0.235. The number of hydrogen-bond acceptors (Lipinski definition) is 2. The molecule has 2 amide bonds. The normalized spacial score (nSPS) is 22.3. The molecular weight excluding hydrogens is 283 g/mol. The summed E-state index contributed by atoms with van der Waals surface area (Å²) < 4.78 is 13.0. The highest BCUT2D eigenvalue weighted by atomic mass is 19.1. The molecule has 3 N–H and O–H groups in total. The Morgan fingerprint density at radius 1 is 1.36 bits per heavy atom. The van der Waals surface area contributed by atoms with Gasteiger partial charge in [-0.1, -0.05) is 18.6 Å². The minimum Gasteiger partial charge on any atom is -0.396 e. The summed E-state index contributed by atoms with van der Waals surface area (Å²) in [4.78, 5) is 12.1. The zero-order valence-corrected chi connectivity index (χ0v) is 13.0. The topological polar surface area (TPSA) is 61.4 Å². The van der Waals surface area contributed by atoms with Gasteiger partial charge in [-0.15, -0.1) is 0 Å². The summed E-state index contributed by atoms with van der Waals surface area (Å²) in [5, 5.41) is 14.7. The van der Waals surface area contributed by atoms with E-state index in [1.54, 1.807) is 0 Å². The van der Waals surface area contributed by atoms with E-state index in [9.17, 15) is 9.18 Å². The molecule has 4 nitrogen and oxygen atoms in total. The van der Waals surface area contributed by atoms with Gasteiger partial charge >= 0.3 is 6.03 Å². The molecule has 22 heavy (non-hydrogen) atoms. The van der Waals surface area contributed by atoms with E-state index in [1.807, 2.05) is 19.1 Å². The van der Waals surface area contributed by atoms with Gasteiger partial charge in [0.1, 0.15) is 5.82 Å². The number of aliphatic hydroxyl groups excluding tert-OH is 1. The number of carbonyl (C=O) groups is 1.